The first-order valence-corrected chi connectivity index (χ1v) is 13.0. The van der Waals surface area contributed by atoms with Crippen LogP contribution in [0, 0.1) is 12.7 Å². The number of pyridine rings is 1. The fourth-order valence-electron chi connectivity index (χ4n) is 5.02. The van der Waals surface area contributed by atoms with Crippen molar-refractivity contribution in [3.63, 3.8) is 0 Å². The van der Waals surface area contributed by atoms with Crippen molar-refractivity contribution in [1.29, 1.82) is 0 Å². The van der Waals surface area contributed by atoms with Crippen molar-refractivity contribution < 1.29 is 18.4 Å². The van der Waals surface area contributed by atoms with Gasteiger partial charge in [-0.2, -0.15) is 5.10 Å². The highest BCUT2D eigenvalue weighted by atomic mass is 19.1. The second-order valence-corrected chi connectivity index (χ2v) is 9.52. The van der Waals surface area contributed by atoms with Crippen LogP contribution in [0.1, 0.15) is 39.1 Å². The Labute approximate surface area is 230 Å². The molecule has 6 rings (SSSR count). The lowest BCUT2D eigenvalue weighted by Crippen LogP contribution is -2.33. The lowest BCUT2D eigenvalue weighted by molar-refractivity contribution is 0.0979. The van der Waals surface area contributed by atoms with Gasteiger partial charge in [0.25, 0.3) is 11.8 Å². The number of nitrogens with one attached hydrogen (secondary N) is 1. The van der Waals surface area contributed by atoms with Crippen LogP contribution in [0.25, 0.3) is 22.7 Å². The van der Waals surface area contributed by atoms with Crippen molar-refractivity contribution in [3.05, 3.63) is 107 Å². The monoisotopic (exact) mass is 535 g/mol. The van der Waals surface area contributed by atoms with E-state index in [1.807, 2.05) is 54.1 Å². The van der Waals surface area contributed by atoms with Crippen LogP contribution in [0.3, 0.4) is 0 Å². The number of amides is 2. The molecule has 5 aromatic rings. The van der Waals surface area contributed by atoms with E-state index in [2.05, 4.69) is 15.4 Å². The van der Waals surface area contributed by atoms with Gasteiger partial charge in [-0.05, 0) is 68.3 Å². The molecule has 0 aliphatic carbocycles. The highest BCUT2D eigenvalue weighted by Crippen LogP contribution is 2.39. The number of furan rings is 1. The first kappa shape index (κ1) is 25.2. The summed E-state index contributed by atoms with van der Waals surface area (Å²) in [5, 5.41) is 6.94. The number of para-hydroxylation sites is 2. The van der Waals surface area contributed by atoms with Crippen LogP contribution in [0.5, 0.6) is 0 Å². The Kier molecular flexibility index (Phi) is 6.47. The molecular formula is C31H26FN5O3. The van der Waals surface area contributed by atoms with Crippen molar-refractivity contribution >= 4 is 23.2 Å². The van der Waals surface area contributed by atoms with Gasteiger partial charge in [-0.25, -0.2) is 9.37 Å². The van der Waals surface area contributed by atoms with Crippen molar-refractivity contribution in [3.8, 4) is 22.7 Å². The Morgan fingerprint density at radius 2 is 1.88 bits per heavy atom. The maximum atomic E-state index is 14.3. The quantitative estimate of drug-likeness (QED) is 0.292. The van der Waals surface area contributed by atoms with E-state index in [9.17, 15) is 14.0 Å². The van der Waals surface area contributed by atoms with Crippen LogP contribution in [0.15, 0.2) is 83.4 Å². The summed E-state index contributed by atoms with van der Waals surface area (Å²) >= 11 is 0. The summed E-state index contributed by atoms with van der Waals surface area (Å²) in [5.41, 5.74) is 4.67. The van der Waals surface area contributed by atoms with Crippen molar-refractivity contribution in [2.45, 2.75) is 26.8 Å². The van der Waals surface area contributed by atoms with E-state index in [0.717, 1.165) is 11.3 Å². The third kappa shape index (κ3) is 4.45. The van der Waals surface area contributed by atoms with Gasteiger partial charge in [0, 0.05) is 30.4 Å². The average Bonchev–Trinajstić information content (AvgIpc) is 3.60. The fourth-order valence-corrected chi connectivity index (χ4v) is 5.02. The fraction of sp³-hybridized carbons (Fsp3) is 0.161. The van der Waals surface area contributed by atoms with Gasteiger partial charge in [0.1, 0.15) is 17.3 Å². The summed E-state index contributed by atoms with van der Waals surface area (Å²) in [6, 6.07) is 20.9. The molecule has 8 nitrogen and oxygen atoms in total. The molecule has 1 N–H and O–H groups in total. The van der Waals surface area contributed by atoms with E-state index in [0.29, 0.717) is 53.5 Å². The van der Waals surface area contributed by atoms with Gasteiger partial charge in [0.2, 0.25) is 0 Å². The number of fused-ring (bicyclic) bond motifs is 3. The molecule has 0 spiro atoms. The highest BCUT2D eigenvalue weighted by molar-refractivity contribution is 6.08. The molecule has 40 heavy (non-hydrogen) atoms. The summed E-state index contributed by atoms with van der Waals surface area (Å²) < 4.78 is 22.2. The molecule has 1 aliphatic heterocycles. The second-order valence-electron chi connectivity index (χ2n) is 9.52. The smallest absolute Gasteiger partial charge is 0.291 e. The van der Waals surface area contributed by atoms with Gasteiger partial charge in [-0.3, -0.25) is 14.3 Å². The molecule has 2 amide bonds. The van der Waals surface area contributed by atoms with E-state index in [1.165, 1.54) is 6.07 Å². The molecule has 2 aromatic carbocycles. The van der Waals surface area contributed by atoms with E-state index in [1.54, 1.807) is 42.3 Å². The Balaban J connectivity index is 1.32. The Morgan fingerprint density at radius 3 is 2.70 bits per heavy atom. The minimum Gasteiger partial charge on any atom is -0.451 e. The van der Waals surface area contributed by atoms with Crippen LogP contribution in [0.4, 0.5) is 15.8 Å². The van der Waals surface area contributed by atoms with Crippen molar-refractivity contribution in [2.24, 2.45) is 0 Å². The molecule has 0 atom stereocenters. The summed E-state index contributed by atoms with van der Waals surface area (Å²) in [7, 11) is 0. The zero-order chi connectivity index (χ0) is 27.8. The minimum atomic E-state index is -0.543. The molecule has 4 heterocycles. The zero-order valence-electron chi connectivity index (χ0n) is 22.0. The number of carbonyl (C=O) groups excluding carboxylic acids is 2. The van der Waals surface area contributed by atoms with Crippen LogP contribution in [0.2, 0.25) is 0 Å². The average molecular weight is 536 g/mol. The molecule has 200 valence electrons. The molecule has 0 saturated heterocycles. The predicted molar refractivity (Wildman–Crippen MR) is 150 cm³/mol. The summed E-state index contributed by atoms with van der Waals surface area (Å²) in [6.45, 7) is 4.76. The summed E-state index contributed by atoms with van der Waals surface area (Å²) in [5.74, 6) is -0.717. The zero-order valence-corrected chi connectivity index (χ0v) is 22.0. The molecular weight excluding hydrogens is 509 g/mol. The van der Waals surface area contributed by atoms with Crippen LogP contribution < -0.4 is 10.2 Å². The molecule has 0 radical (unpaired) electrons. The number of hydrogen-bond donors (Lipinski definition) is 1. The standard InChI is InChI=1S/C31H26FN5O3/c1-3-37-26(14-16-33-37)23-11-7-12-24(34-23)31(39)36-17-15-20-18-27(40-29(20)21-9-4-5-13-25(21)36)30(38)35-28-19(2)8-6-10-22(28)32/h4-14,16,18H,3,15,17H2,1-2H3,(H,35,38). The van der Waals surface area contributed by atoms with Crippen LogP contribution in [-0.2, 0) is 13.0 Å². The second kappa shape index (κ2) is 10.3. The predicted octanol–water partition coefficient (Wildman–Crippen LogP) is 6.13. The van der Waals surface area contributed by atoms with E-state index < -0.39 is 11.7 Å². The molecule has 0 saturated carbocycles. The van der Waals surface area contributed by atoms with Gasteiger partial charge in [-0.15, -0.1) is 0 Å². The normalized spacial score (nSPS) is 12.4. The molecule has 0 unspecified atom stereocenters. The number of anilines is 2. The Bertz CT molecular complexity index is 1740. The maximum Gasteiger partial charge on any atom is 0.291 e. The van der Waals surface area contributed by atoms with Crippen LogP contribution >= 0.6 is 0 Å². The maximum absolute atomic E-state index is 14.3. The lowest BCUT2D eigenvalue weighted by Gasteiger charge is -2.22. The minimum absolute atomic E-state index is 0.0733. The van der Waals surface area contributed by atoms with E-state index in [4.69, 9.17) is 4.42 Å². The third-order valence-corrected chi connectivity index (χ3v) is 7.03. The van der Waals surface area contributed by atoms with Crippen molar-refractivity contribution in [2.75, 3.05) is 16.8 Å². The van der Waals surface area contributed by atoms with Gasteiger partial charge in [-0.1, -0.05) is 30.3 Å². The molecule has 3 aromatic heterocycles. The number of halogens is 1. The number of benzene rings is 2. The van der Waals surface area contributed by atoms with Gasteiger partial charge in [0.15, 0.2) is 5.76 Å². The SMILES string of the molecule is CCn1nccc1-c1cccc(C(=O)N2CCc3cc(C(=O)Nc4c(C)cccc4F)oc3-c3ccccc32)n1. The van der Waals surface area contributed by atoms with Gasteiger partial charge < -0.3 is 14.6 Å². The number of rotatable bonds is 5. The largest absolute Gasteiger partial charge is 0.451 e. The van der Waals surface area contributed by atoms with Crippen LogP contribution in [-0.4, -0.2) is 33.1 Å². The highest BCUT2D eigenvalue weighted by Gasteiger charge is 2.29. The lowest BCUT2D eigenvalue weighted by atomic mass is 10.1. The summed E-state index contributed by atoms with van der Waals surface area (Å²) in [6.07, 6.45) is 2.17. The van der Waals surface area contributed by atoms with E-state index in [-0.39, 0.29) is 17.4 Å². The number of aromatic nitrogens is 3. The number of aryl methyl sites for hydroxylation is 2. The molecule has 1 aliphatic rings. The third-order valence-electron chi connectivity index (χ3n) is 7.03. The molecule has 0 fully saturated rings. The topological polar surface area (TPSA) is 93.3 Å². The number of nitrogens with zero attached hydrogens (tertiary/aromatic N) is 4. The Morgan fingerprint density at radius 1 is 1.05 bits per heavy atom. The summed E-state index contributed by atoms with van der Waals surface area (Å²) in [4.78, 5) is 33.2. The van der Waals surface area contributed by atoms with Gasteiger partial charge >= 0.3 is 0 Å². The Hall–Kier alpha value is -5.05. The van der Waals surface area contributed by atoms with Crippen molar-refractivity contribution in [1.82, 2.24) is 14.8 Å². The first-order valence-electron chi connectivity index (χ1n) is 13.0. The molecule has 9 heteroatoms. The molecule has 0 bridgehead atoms. The number of hydrogen-bond acceptors (Lipinski definition) is 5. The number of carbonyl (C=O) groups is 2. The van der Waals surface area contributed by atoms with Gasteiger partial charge in [0.05, 0.1) is 22.8 Å². The first-order chi connectivity index (χ1) is 19.4. The van der Waals surface area contributed by atoms with E-state index >= 15 is 0 Å².